The molecule has 0 aliphatic heterocycles. The second-order valence-electron chi connectivity index (χ2n) is 2.62. The third-order valence-corrected chi connectivity index (χ3v) is 2.20. The molecule has 74 valence electrons. The summed E-state index contributed by atoms with van der Waals surface area (Å²) in [4.78, 5) is 11.4. The van der Waals surface area contributed by atoms with Gasteiger partial charge in [-0.2, -0.15) is 0 Å². The molecule has 1 aromatic rings. The summed E-state index contributed by atoms with van der Waals surface area (Å²) in [5.74, 6) is -0.300. The molecule has 0 aliphatic carbocycles. The number of thioether (sulfide) groups is 1. The minimum Gasteiger partial charge on any atom is -0.465 e. The predicted molar refractivity (Wildman–Crippen MR) is 60.0 cm³/mol. The summed E-state index contributed by atoms with van der Waals surface area (Å²) in [6, 6.07) is 9.48. The van der Waals surface area contributed by atoms with Gasteiger partial charge in [0.05, 0.1) is 12.7 Å². The van der Waals surface area contributed by atoms with E-state index in [2.05, 4.69) is 0 Å². The Morgan fingerprint density at radius 1 is 1.36 bits per heavy atom. The molecule has 0 fully saturated rings. The summed E-state index contributed by atoms with van der Waals surface area (Å²) in [5, 5.41) is 1.79. The zero-order valence-corrected chi connectivity index (χ0v) is 9.01. The highest BCUT2D eigenvalue weighted by Gasteiger charge is 2.10. The first-order valence-electron chi connectivity index (χ1n) is 4.16. The van der Waals surface area contributed by atoms with Gasteiger partial charge in [0.15, 0.2) is 0 Å². The molecule has 0 aromatic heterocycles. The van der Waals surface area contributed by atoms with E-state index < -0.39 is 0 Å². The van der Waals surface area contributed by atoms with Crippen LogP contribution in [0, 0.1) is 0 Å². The van der Waals surface area contributed by atoms with Gasteiger partial charge in [-0.05, 0) is 17.2 Å². The molecule has 0 radical (unpaired) electrons. The summed E-state index contributed by atoms with van der Waals surface area (Å²) in [5.41, 5.74) is 1.48. The standard InChI is InChI=1S/C11H12O2S/c1-13-11(12)10(8-14-2)9-6-4-3-5-7-9/h3-8H,1-2H3/b10-8-. The lowest BCUT2D eigenvalue weighted by Crippen LogP contribution is -2.03. The van der Waals surface area contributed by atoms with Crippen molar-refractivity contribution in [1.82, 2.24) is 0 Å². The molecule has 0 spiro atoms. The van der Waals surface area contributed by atoms with Gasteiger partial charge >= 0.3 is 5.97 Å². The van der Waals surface area contributed by atoms with Crippen molar-refractivity contribution in [3.8, 4) is 0 Å². The highest BCUT2D eigenvalue weighted by atomic mass is 32.2. The van der Waals surface area contributed by atoms with Crippen LogP contribution >= 0.6 is 11.8 Å². The van der Waals surface area contributed by atoms with Crippen LogP contribution in [-0.2, 0) is 9.53 Å². The lowest BCUT2D eigenvalue weighted by molar-refractivity contribution is -0.133. The molecule has 0 saturated carbocycles. The number of hydrogen-bond donors (Lipinski definition) is 0. The number of hydrogen-bond acceptors (Lipinski definition) is 3. The Kier molecular flexibility index (Phi) is 4.26. The Labute approximate surface area is 88.0 Å². The van der Waals surface area contributed by atoms with Crippen molar-refractivity contribution in [2.24, 2.45) is 0 Å². The van der Waals surface area contributed by atoms with Crippen molar-refractivity contribution in [3.63, 3.8) is 0 Å². The van der Waals surface area contributed by atoms with Crippen LogP contribution in [0.4, 0.5) is 0 Å². The molecule has 14 heavy (non-hydrogen) atoms. The van der Waals surface area contributed by atoms with Gasteiger partial charge in [0.2, 0.25) is 0 Å². The molecule has 1 aromatic carbocycles. The molecular weight excluding hydrogens is 196 g/mol. The molecule has 0 aliphatic rings. The van der Waals surface area contributed by atoms with Crippen molar-refractivity contribution in [2.75, 3.05) is 13.4 Å². The van der Waals surface area contributed by atoms with Crippen LogP contribution in [0.5, 0.6) is 0 Å². The first kappa shape index (κ1) is 10.9. The topological polar surface area (TPSA) is 26.3 Å². The van der Waals surface area contributed by atoms with E-state index in [1.807, 2.05) is 36.6 Å². The van der Waals surface area contributed by atoms with Crippen molar-refractivity contribution in [2.45, 2.75) is 0 Å². The minimum absolute atomic E-state index is 0.300. The first-order valence-corrected chi connectivity index (χ1v) is 5.45. The summed E-state index contributed by atoms with van der Waals surface area (Å²) >= 11 is 1.49. The predicted octanol–water partition coefficient (Wildman–Crippen LogP) is 2.56. The molecule has 0 atom stereocenters. The molecule has 0 unspecified atom stereocenters. The van der Waals surface area contributed by atoms with Crippen LogP contribution < -0.4 is 0 Å². The maximum atomic E-state index is 11.4. The largest absolute Gasteiger partial charge is 0.465 e. The summed E-state index contributed by atoms with van der Waals surface area (Å²) in [6.45, 7) is 0. The Hall–Kier alpha value is -1.22. The molecule has 0 heterocycles. The van der Waals surface area contributed by atoms with E-state index in [1.54, 1.807) is 5.41 Å². The van der Waals surface area contributed by atoms with E-state index in [4.69, 9.17) is 4.74 Å². The Balaban J connectivity index is 3.02. The minimum atomic E-state index is -0.300. The van der Waals surface area contributed by atoms with Gasteiger partial charge in [0.25, 0.3) is 0 Å². The number of esters is 1. The Morgan fingerprint density at radius 3 is 2.50 bits per heavy atom. The highest BCUT2D eigenvalue weighted by Crippen LogP contribution is 2.18. The van der Waals surface area contributed by atoms with E-state index in [0.717, 1.165) is 5.56 Å². The lowest BCUT2D eigenvalue weighted by Gasteiger charge is -2.04. The van der Waals surface area contributed by atoms with Crippen molar-refractivity contribution >= 4 is 23.3 Å². The zero-order valence-electron chi connectivity index (χ0n) is 8.19. The van der Waals surface area contributed by atoms with E-state index in [-0.39, 0.29) is 5.97 Å². The van der Waals surface area contributed by atoms with Gasteiger partial charge in [-0.1, -0.05) is 30.3 Å². The average molecular weight is 208 g/mol. The van der Waals surface area contributed by atoms with E-state index >= 15 is 0 Å². The third-order valence-electron chi connectivity index (χ3n) is 1.73. The second-order valence-corrected chi connectivity index (χ2v) is 3.33. The number of benzene rings is 1. The number of methoxy groups -OCH3 is 1. The van der Waals surface area contributed by atoms with Crippen LogP contribution in [0.3, 0.4) is 0 Å². The first-order chi connectivity index (χ1) is 6.79. The van der Waals surface area contributed by atoms with E-state index in [1.165, 1.54) is 18.9 Å². The molecule has 0 N–H and O–H groups in total. The number of ether oxygens (including phenoxy) is 1. The van der Waals surface area contributed by atoms with Gasteiger partial charge in [0.1, 0.15) is 0 Å². The summed E-state index contributed by atoms with van der Waals surface area (Å²) < 4.78 is 4.70. The van der Waals surface area contributed by atoms with E-state index in [9.17, 15) is 4.79 Å². The zero-order chi connectivity index (χ0) is 10.4. The maximum absolute atomic E-state index is 11.4. The molecule has 1 rings (SSSR count). The van der Waals surface area contributed by atoms with Gasteiger partial charge in [-0.3, -0.25) is 0 Å². The van der Waals surface area contributed by atoms with Crippen LogP contribution in [0.15, 0.2) is 35.7 Å². The molecular formula is C11H12O2S. The number of carbonyl (C=O) groups is 1. The normalized spacial score (nSPS) is 11.1. The fourth-order valence-electron chi connectivity index (χ4n) is 1.08. The fourth-order valence-corrected chi connectivity index (χ4v) is 1.55. The molecule has 2 nitrogen and oxygen atoms in total. The number of rotatable bonds is 3. The molecule has 3 heteroatoms. The van der Waals surface area contributed by atoms with Gasteiger partial charge in [-0.15, -0.1) is 11.8 Å². The van der Waals surface area contributed by atoms with Crippen molar-refractivity contribution < 1.29 is 9.53 Å². The highest BCUT2D eigenvalue weighted by molar-refractivity contribution is 8.01. The van der Waals surface area contributed by atoms with Gasteiger partial charge < -0.3 is 4.74 Å². The van der Waals surface area contributed by atoms with Crippen molar-refractivity contribution in [1.29, 1.82) is 0 Å². The van der Waals surface area contributed by atoms with Crippen LogP contribution in [-0.4, -0.2) is 19.3 Å². The monoisotopic (exact) mass is 208 g/mol. The average Bonchev–Trinajstić information content (AvgIpc) is 2.26. The van der Waals surface area contributed by atoms with E-state index in [0.29, 0.717) is 5.57 Å². The lowest BCUT2D eigenvalue weighted by atomic mass is 10.1. The quantitative estimate of drug-likeness (QED) is 0.564. The Bertz CT molecular complexity index is 330. The summed E-state index contributed by atoms with van der Waals surface area (Å²) in [7, 11) is 1.39. The van der Waals surface area contributed by atoms with Crippen LogP contribution in [0.1, 0.15) is 5.56 Å². The second kappa shape index (κ2) is 5.50. The van der Waals surface area contributed by atoms with Gasteiger partial charge in [-0.25, -0.2) is 4.79 Å². The molecule has 0 saturated heterocycles. The maximum Gasteiger partial charge on any atom is 0.338 e. The number of carbonyl (C=O) groups excluding carboxylic acids is 1. The third kappa shape index (κ3) is 2.64. The van der Waals surface area contributed by atoms with Crippen LogP contribution in [0.25, 0.3) is 5.57 Å². The smallest absolute Gasteiger partial charge is 0.338 e. The molecule has 0 bridgehead atoms. The van der Waals surface area contributed by atoms with Gasteiger partial charge in [0, 0.05) is 0 Å². The van der Waals surface area contributed by atoms with Crippen molar-refractivity contribution in [3.05, 3.63) is 41.3 Å². The summed E-state index contributed by atoms with van der Waals surface area (Å²) in [6.07, 6.45) is 1.91. The Morgan fingerprint density at radius 2 is 2.00 bits per heavy atom. The molecule has 0 amide bonds. The fraction of sp³-hybridized carbons (Fsp3) is 0.182. The van der Waals surface area contributed by atoms with Crippen LogP contribution in [0.2, 0.25) is 0 Å². The SMILES string of the molecule is COC(=O)/C(=C\SC)c1ccccc1.